The van der Waals surface area contributed by atoms with Crippen LogP contribution in [0.2, 0.25) is 10.0 Å². The Morgan fingerprint density at radius 1 is 1.44 bits per heavy atom. The third-order valence-electron chi connectivity index (χ3n) is 2.38. The van der Waals surface area contributed by atoms with Crippen LogP contribution in [-0.2, 0) is 0 Å². The van der Waals surface area contributed by atoms with Crippen molar-refractivity contribution < 1.29 is 0 Å². The van der Waals surface area contributed by atoms with E-state index in [2.05, 4.69) is 18.8 Å². The van der Waals surface area contributed by atoms with Crippen LogP contribution in [0.1, 0.15) is 31.9 Å². The van der Waals surface area contributed by atoms with Crippen molar-refractivity contribution in [1.29, 1.82) is 0 Å². The highest BCUT2D eigenvalue weighted by molar-refractivity contribution is 6.42. The fourth-order valence-corrected chi connectivity index (χ4v) is 2.00. The second kappa shape index (κ2) is 6.29. The molecule has 0 saturated carbocycles. The molecule has 0 aliphatic carbocycles. The van der Waals surface area contributed by atoms with Gasteiger partial charge in [0.1, 0.15) is 0 Å². The molecule has 1 unspecified atom stereocenters. The van der Waals surface area contributed by atoms with Gasteiger partial charge in [-0.2, -0.15) is 0 Å². The lowest BCUT2D eigenvalue weighted by molar-refractivity contribution is 0.591. The molecule has 3 heteroatoms. The lowest BCUT2D eigenvalue weighted by Gasteiger charge is -2.20. The minimum Gasteiger partial charge on any atom is -0.307 e. The topological polar surface area (TPSA) is 12.0 Å². The average molecular weight is 258 g/mol. The van der Waals surface area contributed by atoms with Crippen LogP contribution in [0, 0.1) is 0 Å². The first-order chi connectivity index (χ1) is 7.57. The zero-order valence-electron chi connectivity index (χ0n) is 9.69. The third-order valence-corrected chi connectivity index (χ3v) is 3.22. The number of halogens is 2. The maximum Gasteiger partial charge on any atom is 0.0643 e. The predicted octanol–water partition coefficient (Wildman–Crippen LogP) is 4.61. The van der Waals surface area contributed by atoms with E-state index < -0.39 is 0 Å². The minimum absolute atomic E-state index is 0.0751. The fraction of sp³-hybridized carbons (Fsp3) is 0.385. The maximum atomic E-state index is 6.20. The number of benzene rings is 1. The van der Waals surface area contributed by atoms with Gasteiger partial charge < -0.3 is 5.32 Å². The summed E-state index contributed by atoms with van der Waals surface area (Å²) in [6.45, 7) is 9.04. The Balaban J connectivity index is 3.01. The van der Waals surface area contributed by atoms with Crippen molar-refractivity contribution >= 4 is 23.2 Å². The van der Waals surface area contributed by atoms with E-state index in [0.29, 0.717) is 10.0 Å². The van der Waals surface area contributed by atoms with Crippen LogP contribution in [0.5, 0.6) is 0 Å². The molecule has 1 nitrogen and oxygen atoms in total. The van der Waals surface area contributed by atoms with Crippen LogP contribution in [0.25, 0.3) is 0 Å². The van der Waals surface area contributed by atoms with Gasteiger partial charge in [-0.25, -0.2) is 0 Å². The Morgan fingerprint density at radius 3 is 2.69 bits per heavy atom. The van der Waals surface area contributed by atoms with Crippen molar-refractivity contribution in [1.82, 2.24) is 5.32 Å². The van der Waals surface area contributed by atoms with Crippen molar-refractivity contribution in [2.45, 2.75) is 26.3 Å². The highest BCUT2D eigenvalue weighted by Gasteiger charge is 2.15. The minimum atomic E-state index is 0.0751. The van der Waals surface area contributed by atoms with E-state index in [-0.39, 0.29) is 6.04 Å². The predicted molar refractivity (Wildman–Crippen MR) is 72.3 cm³/mol. The van der Waals surface area contributed by atoms with Crippen molar-refractivity contribution in [3.8, 4) is 0 Å². The zero-order valence-corrected chi connectivity index (χ0v) is 11.2. The van der Waals surface area contributed by atoms with Gasteiger partial charge in [0.2, 0.25) is 0 Å². The Bertz CT molecular complexity index is 374. The van der Waals surface area contributed by atoms with Crippen LogP contribution in [-0.4, -0.2) is 6.54 Å². The summed E-state index contributed by atoms with van der Waals surface area (Å²) in [7, 11) is 0. The molecule has 0 radical (unpaired) electrons. The van der Waals surface area contributed by atoms with E-state index in [1.165, 1.54) is 0 Å². The molecule has 0 spiro atoms. The van der Waals surface area contributed by atoms with Crippen LogP contribution in [0.4, 0.5) is 0 Å². The van der Waals surface area contributed by atoms with Gasteiger partial charge in [-0.3, -0.25) is 0 Å². The monoisotopic (exact) mass is 257 g/mol. The standard InChI is InChI=1S/C13H17Cl2N/c1-4-8-16-13(9(2)3)10-6-5-7-11(14)12(10)15/h5-7,13,16H,2,4,8H2,1,3H3. The van der Waals surface area contributed by atoms with Gasteiger partial charge in [0.15, 0.2) is 0 Å². The van der Waals surface area contributed by atoms with E-state index in [4.69, 9.17) is 23.2 Å². The summed E-state index contributed by atoms with van der Waals surface area (Å²) in [5.41, 5.74) is 2.03. The third kappa shape index (κ3) is 3.24. The van der Waals surface area contributed by atoms with Gasteiger partial charge in [-0.1, -0.05) is 54.4 Å². The van der Waals surface area contributed by atoms with E-state index in [1.54, 1.807) is 6.07 Å². The molecule has 88 valence electrons. The summed E-state index contributed by atoms with van der Waals surface area (Å²) in [4.78, 5) is 0. The second-order valence-electron chi connectivity index (χ2n) is 3.88. The molecule has 0 bridgehead atoms. The lowest BCUT2D eigenvalue weighted by atomic mass is 10.0. The molecule has 0 amide bonds. The Morgan fingerprint density at radius 2 is 2.12 bits per heavy atom. The van der Waals surface area contributed by atoms with Gasteiger partial charge in [-0.05, 0) is 31.5 Å². The SMILES string of the molecule is C=C(C)C(NCCC)c1cccc(Cl)c1Cl. The Labute approximate surface area is 107 Å². The molecule has 16 heavy (non-hydrogen) atoms. The van der Waals surface area contributed by atoms with Crippen LogP contribution < -0.4 is 5.32 Å². The molecular weight excluding hydrogens is 241 g/mol. The summed E-state index contributed by atoms with van der Waals surface area (Å²) in [5.74, 6) is 0. The maximum absolute atomic E-state index is 6.20. The molecule has 0 heterocycles. The first kappa shape index (κ1) is 13.6. The van der Waals surface area contributed by atoms with Crippen molar-refractivity contribution in [2.75, 3.05) is 6.54 Å². The normalized spacial score (nSPS) is 12.5. The van der Waals surface area contributed by atoms with Crippen molar-refractivity contribution in [2.24, 2.45) is 0 Å². The number of rotatable bonds is 5. The van der Waals surface area contributed by atoms with E-state index in [0.717, 1.165) is 24.1 Å². The summed E-state index contributed by atoms with van der Waals surface area (Å²) in [6, 6.07) is 5.76. The van der Waals surface area contributed by atoms with E-state index >= 15 is 0 Å². The Kier molecular flexibility index (Phi) is 5.33. The van der Waals surface area contributed by atoms with Crippen LogP contribution in [0.3, 0.4) is 0 Å². The van der Waals surface area contributed by atoms with Gasteiger partial charge in [-0.15, -0.1) is 0 Å². The van der Waals surface area contributed by atoms with Gasteiger partial charge in [0, 0.05) is 0 Å². The highest BCUT2D eigenvalue weighted by atomic mass is 35.5. The van der Waals surface area contributed by atoms with Crippen molar-refractivity contribution in [3.63, 3.8) is 0 Å². The van der Waals surface area contributed by atoms with Gasteiger partial charge in [0.05, 0.1) is 16.1 Å². The van der Waals surface area contributed by atoms with E-state index in [1.807, 2.05) is 19.1 Å². The first-order valence-electron chi connectivity index (χ1n) is 5.40. The smallest absolute Gasteiger partial charge is 0.0643 e. The molecule has 1 rings (SSSR count). The summed E-state index contributed by atoms with van der Waals surface area (Å²) < 4.78 is 0. The van der Waals surface area contributed by atoms with Gasteiger partial charge >= 0.3 is 0 Å². The second-order valence-corrected chi connectivity index (χ2v) is 4.66. The zero-order chi connectivity index (χ0) is 12.1. The molecule has 1 N–H and O–H groups in total. The van der Waals surface area contributed by atoms with Crippen molar-refractivity contribution in [3.05, 3.63) is 46.0 Å². The molecule has 1 aromatic carbocycles. The molecule has 1 aromatic rings. The molecule has 0 aliphatic rings. The largest absolute Gasteiger partial charge is 0.307 e. The molecule has 0 saturated heterocycles. The highest BCUT2D eigenvalue weighted by Crippen LogP contribution is 2.32. The number of hydrogen-bond acceptors (Lipinski definition) is 1. The molecule has 0 fully saturated rings. The lowest BCUT2D eigenvalue weighted by Crippen LogP contribution is -2.23. The number of nitrogens with one attached hydrogen (secondary N) is 1. The summed E-state index contributed by atoms with van der Waals surface area (Å²) in [5, 5.41) is 4.61. The Hall–Kier alpha value is -0.500. The molecule has 0 aromatic heterocycles. The molecule has 1 atom stereocenters. The van der Waals surface area contributed by atoms with Crippen LogP contribution >= 0.6 is 23.2 Å². The average Bonchev–Trinajstić information content (AvgIpc) is 2.24. The first-order valence-corrected chi connectivity index (χ1v) is 6.16. The van der Waals surface area contributed by atoms with Crippen LogP contribution in [0.15, 0.2) is 30.4 Å². The molecular formula is C13H17Cl2N. The van der Waals surface area contributed by atoms with Gasteiger partial charge in [0.25, 0.3) is 0 Å². The number of hydrogen-bond donors (Lipinski definition) is 1. The van der Waals surface area contributed by atoms with E-state index in [9.17, 15) is 0 Å². The quantitative estimate of drug-likeness (QED) is 0.760. The summed E-state index contributed by atoms with van der Waals surface area (Å²) >= 11 is 12.2. The molecule has 0 aliphatic heterocycles. The fourth-order valence-electron chi connectivity index (χ4n) is 1.58. The summed E-state index contributed by atoms with van der Waals surface area (Å²) in [6.07, 6.45) is 1.07.